The Morgan fingerprint density at radius 2 is 1.82 bits per heavy atom. The van der Waals surface area contributed by atoms with Crippen LogP contribution in [0.1, 0.15) is 40.7 Å². The molecule has 1 amide bonds. The lowest BCUT2D eigenvalue weighted by Gasteiger charge is -2.16. The van der Waals surface area contributed by atoms with Crippen molar-refractivity contribution < 1.29 is 26.4 Å². The highest BCUT2D eigenvalue weighted by molar-refractivity contribution is 7.92. The summed E-state index contributed by atoms with van der Waals surface area (Å²) < 4.78 is 67.8. The van der Waals surface area contributed by atoms with E-state index in [9.17, 15) is 26.4 Å². The number of benzene rings is 2. The van der Waals surface area contributed by atoms with Crippen molar-refractivity contribution in [2.45, 2.75) is 33.4 Å². The zero-order chi connectivity index (χ0) is 24.4. The summed E-state index contributed by atoms with van der Waals surface area (Å²) in [5, 5.41) is 6.80. The van der Waals surface area contributed by atoms with E-state index in [4.69, 9.17) is 0 Å². The number of carbonyl (C=O) groups is 1. The molecule has 0 unspecified atom stereocenters. The first-order valence-corrected chi connectivity index (χ1v) is 11.7. The molecule has 33 heavy (non-hydrogen) atoms. The molecule has 11 heteroatoms. The second kappa shape index (κ2) is 9.26. The Balaban J connectivity index is 1.97. The highest BCUT2D eigenvalue weighted by atomic mass is 32.2. The third-order valence-electron chi connectivity index (χ3n) is 4.68. The smallest absolute Gasteiger partial charge is 0.320 e. The van der Waals surface area contributed by atoms with Gasteiger partial charge in [0.2, 0.25) is 10.0 Å². The molecule has 0 aliphatic carbocycles. The maximum Gasteiger partial charge on any atom is 0.416 e. The number of hydrogen-bond acceptors (Lipinski definition) is 4. The number of nitrogens with one attached hydrogen (secondary N) is 2. The van der Waals surface area contributed by atoms with Crippen LogP contribution in [-0.2, 0) is 16.2 Å². The van der Waals surface area contributed by atoms with Crippen molar-refractivity contribution in [1.82, 2.24) is 9.78 Å². The molecule has 0 aliphatic heterocycles. The van der Waals surface area contributed by atoms with Gasteiger partial charge in [0.05, 0.1) is 28.4 Å². The van der Waals surface area contributed by atoms with Gasteiger partial charge in [-0.05, 0) is 62.7 Å². The average Bonchev–Trinajstić information content (AvgIpc) is 3.04. The largest absolute Gasteiger partial charge is 0.416 e. The molecule has 2 aromatic carbocycles. The molecule has 3 rings (SSSR count). The van der Waals surface area contributed by atoms with Gasteiger partial charge in [-0.15, -0.1) is 0 Å². The minimum Gasteiger partial charge on any atom is -0.320 e. The van der Waals surface area contributed by atoms with Crippen molar-refractivity contribution >= 4 is 27.3 Å². The number of aromatic nitrogens is 2. The normalized spacial score (nSPS) is 11.9. The van der Waals surface area contributed by atoms with Gasteiger partial charge in [-0.25, -0.2) is 13.1 Å². The number of nitrogens with zero attached hydrogens (tertiary/aromatic N) is 2. The maximum absolute atomic E-state index is 13.3. The van der Waals surface area contributed by atoms with Gasteiger partial charge in [0.25, 0.3) is 5.91 Å². The fourth-order valence-corrected chi connectivity index (χ4v) is 4.41. The van der Waals surface area contributed by atoms with Crippen LogP contribution in [0.25, 0.3) is 5.69 Å². The highest BCUT2D eigenvalue weighted by Gasteiger charge is 2.31. The number of alkyl halides is 3. The van der Waals surface area contributed by atoms with Crippen LogP contribution in [0, 0.1) is 13.8 Å². The summed E-state index contributed by atoms with van der Waals surface area (Å²) >= 11 is 0. The highest BCUT2D eigenvalue weighted by Crippen LogP contribution is 2.34. The number of carbonyl (C=O) groups excluding carboxylic acids is 1. The second-order valence-electron chi connectivity index (χ2n) is 7.52. The number of anilines is 2. The quantitative estimate of drug-likeness (QED) is 0.503. The molecule has 2 N–H and O–H groups in total. The molecule has 1 aromatic heterocycles. The first kappa shape index (κ1) is 24.3. The molecule has 0 aliphatic rings. The molecule has 3 aromatic rings. The molecular weight excluding hydrogens is 457 g/mol. The maximum atomic E-state index is 13.3. The predicted molar refractivity (Wildman–Crippen MR) is 120 cm³/mol. The van der Waals surface area contributed by atoms with Crippen molar-refractivity contribution in [3.05, 3.63) is 71.0 Å². The molecule has 176 valence electrons. The molecule has 0 spiro atoms. The van der Waals surface area contributed by atoms with Gasteiger partial charge < -0.3 is 5.32 Å². The topological polar surface area (TPSA) is 93.1 Å². The Kier molecular flexibility index (Phi) is 6.82. The Hall–Kier alpha value is -3.34. The SMILES string of the molecule is CCCS(=O)(=O)Nc1cccc(C(=O)Nc2cc(C(F)(F)F)ccc2-n2nc(C)cc2C)c1. The van der Waals surface area contributed by atoms with E-state index in [1.807, 2.05) is 0 Å². The van der Waals surface area contributed by atoms with Crippen LogP contribution in [0.2, 0.25) is 0 Å². The Labute approximate surface area is 189 Å². The van der Waals surface area contributed by atoms with Crippen LogP contribution >= 0.6 is 0 Å². The van der Waals surface area contributed by atoms with E-state index in [1.165, 1.54) is 35.0 Å². The summed E-state index contributed by atoms with van der Waals surface area (Å²) in [5.74, 6) is -0.784. The van der Waals surface area contributed by atoms with Gasteiger partial charge in [-0.2, -0.15) is 18.3 Å². The van der Waals surface area contributed by atoms with E-state index < -0.39 is 27.7 Å². The fourth-order valence-electron chi connectivity index (χ4n) is 3.29. The van der Waals surface area contributed by atoms with Crippen molar-refractivity contribution in [2.24, 2.45) is 0 Å². The number of aryl methyl sites for hydroxylation is 2. The monoisotopic (exact) mass is 480 g/mol. The standard InChI is InChI=1S/C22H23F3N4O3S/c1-4-10-33(31,32)28-18-7-5-6-16(12-18)21(30)26-19-13-17(22(23,24)25)8-9-20(19)29-15(3)11-14(2)27-29/h5-9,11-13,28H,4,10H2,1-3H3,(H,26,30). The summed E-state index contributed by atoms with van der Waals surface area (Å²) in [5.41, 5.74) is 0.845. The van der Waals surface area contributed by atoms with E-state index in [1.54, 1.807) is 26.8 Å². The van der Waals surface area contributed by atoms with Gasteiger partial charge >= 0.3 is 6.18 Å². The molecule has 0 radical (unpaired) electrons. The fraction of sp³-hybridized carbons (Fsp3) is 0.273. The average molecular weight is 481 g/mol. The van der Waals surface area contributed by atoms with Crippen LogP contribution in [0.3, 0.4) is 0 Å². The summed E-state index contributed by atoms with van der Waals surface area (Å²) in [7, 11) is -3.57. The molecule has 7 nitrogen and oxygen atoms in total. The zero-order valence-corrected chi connectivity index (χ0v) is 19.0. The van der Waals surface area contributed by atoms with Crippen molar-refractivity contribution in [3.63, 3.8) is 0 Å². The summed E-state index contributed by atoms with van der Waals surface area (Å²) in [6.45, 7) is 5.21. The third-order valence-corrected chi connectivity index (χ3v) is 6.17. The zero-order valence-electron chi connectivity index (χ0n) is 18.2. The minimum absolute atomic E-state index is 0.0726. The molecule has 0 saturated heterocycles. The Morgan fingerprint density at radius 3 is 2.42 bits per heavy atom. The third kappa shape index (κ3) is 5.92. The minimum atomic E-state index is -4.61. The van der Waals surface area contributed by atoms with E-state index in [0.717, 1.165) is 12.1 Å². The van der Waals surface area contributed by atoms with Crippen LogP contribution in [0.4, 0.5) is 24.5 Å². The Morgan fingerprint density at radius 1 is 1.09 bits per heavy atom. The lowest BCUT2D eigenvalue weighted by Crippen LogP contribution is -2.18. The predicted octanol–water partition coefficient (Wildman–Crippen LogP) is 4.91. The molecule has 1 heterocycles. The Bertz CT molecular complexity index is 1280. The lowest BCUT2D eigenvalue weighted by molar-refractivity contribution is -0.137. The van der Waals surface area contributed by atoms with E-state index in [0.29, 0.717) is 17.8 Å². The number of hydrogen-bond donors (Lipinski definition) is 2. The van der Waals surface area contributed by atoms with Gasteiger partial charge in [-0.3, -0.25) is 9.52 Å². The van der Waals surface area contributed by atoms with Crippen LogP contribution < -0.4 is 10.0 Å². The van der Waals surface area contributed by atoms with Gasteiger partial charge in [0.15, 0.2) is 0 Å². The van der Waals surface area contributed by atoms with Gasteiger partial charge in [0.1, 0.15) is 0 Å². The van der Waals surface area contributed by atoms with Crippen LogP contribution in [0.5, 0.6) is 0 Å². The van der Waals surface area contributed by atoms with E-state index in [2.05, 4.69) is 15.1 Å². The van der Waals surface area contributed by atoms with Crippen molar-refractivity contribution in [2.75, 3.05) is 15.8 Å². The summed E-state index contributed by atoms with van der Waals surface area (Å²) in [6.07, 6.45) is -4.19. The van der Waals surface area contributed by atoms with Crippen LogP contribution in [0.15, 0.2) is 48.5 Å². The van der Waals surface area contributed by atoms with Crippen LogP contribution in [-0.4, -0.2) is 29.9 Å². The number of halogens is 3. The number of rotatable bonds is 7. The molecule has 0 bridgehead atoms. The van der Waals surface area contributed by atoms with Crippen molar-refractivity contribution in [3.8, 4) is 5.69 Å². The van der Waals surface area contributed by atoms with Gasteiger partial charge in [0, 0.05) is 16.9 Å². The molecular formula is C22H23F3N4O3S. The lowest BCUT2D eigenvalue weighted by atomic mass is 10.1. The summed E-state index contributed by atoms with van der Waals surface area (Å²) in [6, 6.07) is 10.5. The van der Waals surface area contributed by atoms with E-state index >= 15 is 0 Å². The molecule has 0 atom stereocenters. The number of amides is 1. The van der Waals surface area contributed by atoms with Crippen molar-refractivity contribution in [1.29, 1.82) is 0 Å². The summed E-state index contributed by atoms with van der Waals surface area (Å²) in [4.78, 5) is 12.9. The first-order chi connectivity index (χ1) is 15.4. The first-order valence-electron chi connectivity index (χ1n) is 10.1. The second-order valence-corrected chi connectivity index (χ2v) is 9.37. The van der Waals surface area contributed by atoms with E-state index in [-0.39, 0.29) is 28.4 Å². The molecule has 0 fully saturated rings. The molecule has 0 saturated carbocycles. The number of sulfonamides is 1. The van der Waals surface area contributed by atoms with Gasteiger partial charge in [-0.1, -0.05) is 13.0 Å².